The number of aromatic nitrogens is 2. The monoisotopic (exact) mass is 290 g/mol. The molecule has 0 fully saturated rings. The Morgan fingerprint density at radius 2 is 2.09 bits per heavy atom. The van der Waals surface area contributed by atoms with Gasteiger partial charge in [0.2, 0.25) is 5.89 Å². The summed E-state index contributed by atoms with van der Waals surface area (Å²) >= 11 is 0. The number of hydrogen-bond acceptors (Lipinski definition) is 3. The highest BCUT2D eigenvalue weighted by Crippen LogP contribution is 2.34. The summed E-state index contributed by atoms with van der Waals surface area (Å²) in [7, 11) is 0. The van der Waals surface area contributed by atoms with E-state index in [2.05, 4.69) is 36.2 Å². The molecule has 0 amide bonds. The lowest BCUT2D eigenvalue weighted by molar-refractivity contribution is 0.464. The van der Waals surface area contributed by atoms with Crippen molar-refractivity contribution in [1.29, 1.82) is 0 Å². The Labute approximate surface area is 130 Å². The average molecular weight is 290 g/mol. The van der Waals surface area contributed by atoms with Crippen molar-refractivity contribution in [2.24, 2.45) is 0 Å². The van der Waals surface area contributed by atoms with Crippen molar-refractivity contribution in [1.82, 2.24) is 9.97 Å². The maximum absolute atomic E-state index is 5.93. The summed E-state index contributed by atoms with van der Waals surface area (Å²) in [4.78, 5) is 9.01. The van der Waals surface area contributed by atoms with Gasteiger partial charge in [0.1, 0.15) is 11.5 Å². The number of nitrogens with zero attached hydrogens (tertiary/aromatic N) is 2. The van der Waals surface area contributed by atoms with Crippen molar-refractivity contribution in [3.8, 4) is 11.6 Å². The fraction of sp³-hybridized carbons (Fsp3) is 0.263. The van der Waals surface area contributed by atoms with Gasteiger partial charge in [-0.2, -0.15) is 0 Å². The molecule has 0 saturated heterocycles. The second-order valence-corrected chi connectivity index (χ2v) is 5.96. The number of benzene rings is 1. The first-order valence-corrected chi connectivity index (χ1v) is 7.76. The first-order valence-electron chi connectivity index (χ1n) is 7.76. The van der Waals surface area contributed by atoms with Gasteiger partial charge in [-0.25, -0.2) is 4.98 Å². The minimum Gasteiger partial charge on any atom is -0.440 e. The third-order valence-corrected chi connectivity index (χ3v) is 4.34. The minimum absolute atomic E-state index is 0.536. The zero-order valence-corrected chi connectivity index (χ0v) is 12.6. The van der Waals surface area contributed by atoms with Gasteiger partial charge in [0.15, 0.2) is 0 Å². The van der Waals surface area contributed by atoms with Crippen LogP contribution in [-0.2, 0) is 12.8 Å². The zero-order valence-electron chi connectivity index (χ0n) is 12.6. The van der Waals surface area contributed by atoms with Crippen LogP contribution < -0.4 is 0 Å². The second kappa shape index (κ2) is 5.41. The van der Waals surface area contributed by atoms with E-state index in [1.54, 1.807) is 6.20 Å². The minimum atomic E-state index is 0.536. The van der Waals surface area contributed by atoms with Gasteiger partial charge in [0.25, 0.3) is 0 Å². The highest BCUT2D eigenvalue weighted by Gasteiger charge is 2.25. The van der Waals surface area contributed by atoms with E-state index < -0.39 is 0 Å². The summed E-state index contributed by atoms with van der Waals surface area (Å²) in [5.74, 6) is 2.22. The molecule has 1 aromatic carbocycles. The molecule has 3 heteroatoms. The Hall–Kier alpha value is -2.42. The van der Waals surface area contributed by atoms with Gasteiger partial charge in [0.05, 0.1) is 5.69 Å². The number of hydrogen-bond donors (Lipinski definition) is 0. The highest BCUT2D eigenvalue weighted by atomic mass is 16.4. The van der Waals surface area contributed by atoms with E-state index in [9.17, 15) is 0 Å². The number of rotatable bonds is 2. The van der Waals surface area contributed by atoms with Crippen molar-refractivity contribution in [2.45, 2.75) is 32.1 Å². The van der Waals surface area contributed by atoms with Crippen molar-refractivity contribution in [3.63, 3.8) is 0 Å². The van der Waals surface area contributed by atoms with E-state index in [0.29, 0.717) is 11.8 Å². The molecule has 1 aliphatic rings. The molecule has 4 rings (SSSR count). The molecule has 3 nitrogen and oxygen atoms in total. The molecule has 22 heavy (non-hydrogen) atoms. The standard InChI is InChI=1S/C19H18N2O/c1-13-5-4-6-14(11-13)15-8-9-18-17(12-15)21-19(22-18)16-7-2-3-10-20-16/h2-7,10-11,15H,8-9,12H2,1H3. The number of aryl methyl sites for hydroxylation is 2. The van der Waals surface area contributed by atoms with E-state index in [-0.39, 0.29) is 0 Å². The van der Waals surface area contributed by atoms with Crippen LogP contribution in [0.15, 0.2) is 53.1 Å². The molecule has 0 radical (unpaired) electrons. The predicted molar refractivity (Wildman–Crippen MR) is 85.7 cm³/mol. The summed E-state index contributed by atoms with van der Waals surface area (Å²) in [6, 6.07) is 14.6. The first kappa shape index (κ1) is 13.3. The lowest BCUT2D eigenvalue weighted by Gasteiger charge is -2.20. The topological polar surface area (TPSA) is 38.9 Å². The van der Waals surface area contributed by atoms with E-state index >= 15 is 0 Å². The lowest BCUT2D eigenvalue weighted by Crippen LogP contribution is -2.12. The van der Waals surface area contributed by atoms with Gasteiger partial charge in [-0.15, -0.1) is 0 Å². The normalized spacial score (nSPS) is 17.2. The summed E-state index contributed by atoms with van der Waals surface area (Å²) in [5.41, 5.74) is 4.63. The van der Waals surface area contributed by atoms with Crippen molar-refractivity contribution >= 4 is 0 Å². The van der Waals surface area contributed by atoms with Gasteiger partial charge in [0, 0.05) is 19.0 Å². The summed E-state index contributed by atoms with van der Waals surface area (Å²) in [5, 5.41) is 0. The van der Waals surface area contributed by atoms with Crippen LogP contribution in [0.5, 0.6) is 0 Å². The Morgan fingerprint density at radius 1 is 1.14 bits per heavy atom. The van der Waals surface area contributed by atoms with Gasteiger partial charge in [-0.05, 0) is 37.0 Å². The molecule has 0 bridgehead atoms. The molecule has 0 spiro atoms. The maximum Gasteiger partial charge on any atom is 0.245 e. The third kappa shape index (κ3) is 2.43. The molecular formula is C19H18N2O. The molecule has 2 heterocycles. The fourth-order valence-electron chi connectivity index (χ4n) is 3.19. The number of pyridine rings is 1. The van der Waals surface area contributed by atoms with Gasteiger partial charge < -0.3 is 4.42 Å². The molecule has 1 aliphatic carbocycles. The smallest absolute Gasteiger partial charge is 0.245 e. The lowest BCUT2D eigenvalue weighted by atomic mass is 9.84. The van der Waals surface area contributed by atoms with Crippen LogP contribution in [0.4, 0.5) is 0 Å². The van der Waals surface area contributed by atoms with E-state index in [0.717, 1.165) is 36.4 Å². The predicted octanol–water partition coefficient (Wildman–Crippen LogP) is 4.32. The molecular weight excluding hydrogens is 272 g/mol. The van der Waals surface area contributed by atoms with Crippen LogP contribution in [0.1, 0.15) is 34.9 Å². The van der Waals surface area contributed by atoms with Crippen LogP contribution in [0.25, 0.3) is 11.6 Å². The fourth-order valence-corrected chi connectivity index (χ4v) is 3.19. The summed E-state index contributed by atoms with van der Waals surface area (Å²) in [6.45, 7) is 2.15. The van der Waals surface area contributed by atoms with Crippen molar-refractivity contribution in [2.75, 3.05) is 0 Å². The van der Waals surface area contributed by atoms with Crippen molar-refractivity contribution < 1.29 is 4.42 Å². The summed E-state index contributed by atoms with van der Waals surface area (Å²) < 4.78 is 5.93. The third-order valence-electron chi connectivity index (χ3n) is 4.34. The molecule has 110 valence electrons. The second-order valence-electron chi connectivity index (χ2n) is 5.96. The molecule has 2 aromatic heterocycles. The largest absolute Gasteiger partial charge is 0.440 e. The first-order chi connectivity index (χ1) is 10.8. The van der Waals surface area contributed by atoms with Gasteiger partial charge >= 0.3 is 0 Å². The van der Waals surface area contributed by atoms with Gasteiger partial charge in [-0.3, -0.25) is 4.98 Å². The van der Waals surface area contributed by atoms with Crippen LogP contribution in [0.2, 0.25) is 0 Å². The zero-order chi connectivity index (χ0) is 14.9. The Kier molecular flexibility index (Phi) is 3.26. The molecule has 0 saturated carbocycles. The van der Waals surface area contributed by atoms with E-state index in [4.69, 9.17) is 9.40 Å². The quantitative estimate of drug-likeness (QED) is 0.705. The van der Waals surface area contributed by atoms with Crippen LogP contribution >= 0.6 is 0 Å². The summed E-state index contributed by atoms with van der Waals surface area (Å²) in [6.07, 6.45) is 4.80. The van der Waals surface area contributed by atoms with E-state index in [1.807, 2.05) is 18.2 Å². The number of oxazole rings is 1. The van der Waals surface area contributed by atoms with Gasteiger partial charge in [-0.1, -0.05) is 35.9 Å². The van der Waals surface area contributed by atoms with Crippen LogP contribution in [0, 0.1) is 6.92 Å². The van der Waals surface area contributed by atoms with E-state index in [1.165, 1.54) is 11.1 Å². The molecule has 3 aromatic rings. The molecule has 1 unspecified atom stereocenters. The SMILES string of the molecule is Cc1cccc(C2CCc3oc(-c4ccccn4)nc3C2)c1. The molecule has 1 atom stereocenters. The number of fused-ring (bicyclic) bond motifs is 1. The Bertz CT molecular complexity index is 792. The molecule has 0 N–H and O–H groups in total. The Balaban J connectivity index is 1.63. The van der Waals surface area contributed by atoms with Crippen LogP contribution in [0.3, 0.4) is 0 Å². The highest BCUT2D eigenvalue weighted by molar-refractivity contribution is 5.47. The average Bonchev–Trinajstić information content (AvgIpc) is 2.99. The van der Waals surface area contributed by atoms with Crippen LogP contribution in [-0.4, -0.2) is 9.97 Å². The Morgan fingerprint density at radius 3 is 2.91 bits per heavy atom. The maximum atomic E-state index is 5.93. The van der Waals surface area contributed by atoms with Crippen molar-refractivity contribution in [3.05, 3.63) is 71.2 Å². The molecule has 0 aliphatic heterocycles.